The Morgan fingerprint density at radius 3 is 2.31 bits per heavy atom. The summed E-state index contributed by atoms with van der Waals surface area (Å²) in [5.41, 5.74) is 0.579. The van der Waals surface area contributed by atoms with Gasteiger partial charge in [-0.3, -0.25) is 19.3 Å². The van der Waals surface area contributed by atoms with E-state index < -0.39 is 0 Å². The molecule has 0 radical (unpaired) electrons. The van der Waals surface area contributed by atoms with Crippen LogP contribution in [0.4, 0.5) is 5.69 Å². The number of likely N-dealkylation sites (tertiary alicyclic amines) is 1. The molecule has 3 aliphatic carbocycles. The van der Waals surface area contributed by atoms with Crippen molar-refractivity contribution in [2.45, 2.75) is 19.3 Å². The zero-order chi connectivity index (χ0) is 18.3. The van der Waals surface area contributed by atoms with Gasteiger partial charge in [0.25, 0.3) is 0 Å². The highest BCUT2D eigenvalue weighted by atomic mass is 16.5. The molecule has 1 aromatic carbocycles. The molecule has 1 aromatic rings. The molecule has 26 heavy (non-hydrogen) atoms. The average Bonchev–Trinajstić information content (AvgIpc) is 2.94. The smallest absolute Gasteiger partial charge is 0.233 e. The first-order valence-electron chi connectivity index (χ1n) is 9.06. The van der Waals surface area contributed by atoms with Gasteiger partial charge in [0.15, 0.2) is 0 Å². The zero-order valence-electron chi connectivity index (χ0n) is 14.7. The first-order valence-corrected chi connectivity index (χ1v) is 9.06. The third kappa shape index (κ3) is 2.69. The molecule has 1 aliphatic heterocycles. The number of hydrogen-bond acceptors (Lipinski definition) is 4. The Balaban J connectivity index is 1.40. The Labute approximate surface area is 152 Å². The normalized spacial score (nSPS) is 29.0. The number of methoxy groups -OCH3 is 1. The van der Waals surface area contributed by atoms with Gasteiger partial charge in [-0.25, -0.2) is 0 Å². The fourth-order valence-electron chi connectivity index (χ4n) is 4.53. The van der Waals surface area contributed by atoms with Gasteiger partial charge in [0.05, 0.1) is 24.6 Å². The minimum absolute atomic E-state index is 0.0811. The van der Waals surface area contributed by atoms with E-state index in [1.54, 1.807) is 18.2 Å². The summed E-state index contributed by atoms with van der Waals surface area (Å²) in [6, 6.07) is 7.14. The van der Waals surface area contributed by atoms with Crippen molar-refractivity contribution in [2.75, 3.05) is 19.0 Å². The van der Waals surface area contributed by atoms with Crippen LogP contribution in [0.3, 0.4) is 0 Å². The van der Waals surface area contributed by atoms with Crippen molar-refractivity contribution in [3.63, 3.8) is 0 Å². The number of benzene rings is 1. The van der Waals surface area contributed by atoms with Gasteiger partial charge < -0.3 is 10.1 Å². The van der Waals surface area contributed by atoms with Crippen LogP contribution < -0.4 is 10.1 Å². The van der Waals surface area contributed by atoms with E-state index in [9.17, 15) is 14.4 Å². The number of rotatable bonds is 5. The molecule has 136 valence electrons. The number of hydrogen-bond donors (Lipinski definition) is 1. The van der Waals surface area contributed by atoms with Crippen LogP contribution in [0.25, 0.3) is 0 Å². The average molecular weight is 354 g/mol. The van der Waals surface area contributed by atoms with Crippen molar-refractivity contribution in [3.8, 4) is 5.75 Å². The van der Waals surface area contributed by atoms with Crippen molar-refractivity contribution in [1.29, 1.82) is 0 Å². The fourth-order valence-corrected chi connectivity index (χ4v) is 4.53. The maximum atomic E-state index is 12.7. The van der Waals surface area contributed by atoms with Crippen LogP contribution in [0.1, 0.15) is 19.3 Å². The Bertz CT molecular complexity index is 756. The van der Waals surface area contributed by atoms with Crippen LogP contribution in [-0.4, -0.2) is 36.3 Å². The summed E-state index contributed by atoms with van der Waals surface area (Å²) in [6.07, 6.45) is 6.22. The van der Waals surface area contributed by atoms with Gasteiger partial charge in [0.1, 0.15) is 5.75 Å². The maximum absolute atomic E-state index is 12.7. The lowest BCUT2D eigenvalue weighted by molar-refractivity contribution is -0.140. The van der Waals surface area contributed by atoms with Gasteiger partial charge >= 0.3 is 0 Å². The van der Waals surface area contributed by atoms with Crippen LogP contribution in [0.5, 0.6) is 5.75 Å². The highest BCUT2D eigenvalue weighted by Crippen LogP contribution is 2.49. The van der Waals surface area contributed by atoms with Gasteiger partial charge in [0, 0.05) is 13.0 Å². The first kappa shape index (κ1) is 16.8. The third-order valence-electron chi connectivity index (χ3n) is 5.79. The second kappa shape index (κ2) is 6.59. The molecule has 0 aromatic heterocycles. The van der Waals surface area contributed by atoms with Crippen molar-refractivity contribution in [1.82, 2.24) is 4.90 Å². The number of nitrogens with one attached hydrogen (secondary N) is 1. The Hall–Kier alpha value is -2.63. The number of allylic oxidation sites excluding steroid dienone is 2. The fraction of sp³-hybridized carbons (Fsp3) is 0.450. The molecule has 1 N–H and O–H groups in total. The number of ether oxygens (including phenoxy) is 1. The lowest BCUT2D eigenvalue weighted by Gasteiger charge is -2.38. The molecule has 1 saturated carbocycles. The number of carbonyl (C=O) groups excluding carboxylic acids is 3. The zero-order valence-corrected chi connectivity index (χ0v) is 14.7. The van der Waals surface area contributed by atoms with Crippen LogP contribution in [0.2, 0.25) is 0 Å². The quantitative estimate of drug-likeness (QED) is 0.650. The summed E-state index contributed by atoms with van der Waals surface area (Å²) in [4.78, 5) is 39.0. The number of imide groups is 1. The number of para-hydroxylation sites is 2. The van der Waals surface area contributed by atoms with Gasteiger partial charge in [-0.1, -0.05) is 24.3 Å². The molecular formula is C20H22N2O4. The third-order valence-corrected chi connectivity index (χ3v) is 5.79. The largest absolute Gasteiger partial charge is 0.495 e. The minimum atomic E-state index is -0.244. The first-order chi connectivity index (χ1) is 12.6. The van der Waals surface area contributed by atoms with E-state index in [0.717, 1.165) is 12.8 Å². The summed E-state index contributed by atoms with van der Waals surface area (Å²) < 4.78 is 5.21. The lowest BCUT2D eigenvalue weighted by atomic mass is 9.63. The second-order valence-electron chi connectivity index (χ2n) is 7.17. The predicted octanol–water partition coefficient (Wildman–Crippen LogP) is 2.22. The number of anilines is 1. The molecule has 2 bridgehead atoms. The molecule has 1 saturated heterocycles. The molecule has 0 spiro atoms. The highest BCUT2D eigenvalue weighted by Gasteiger charge is 2.56. The van der Waals surface area contributed by atoms with E-state index in [1.165, 1.54) is 12.0 Å². The second-order valence-corrected chi connectivity index (χ2v) is 7.17. The van der Waals surface area contributed by atoms with E-state index >= 15 is 0 Å². The molecule has 3 amide bonds. The number of nitrogens with zero attached hydrogens (tertiary/aromatic N) is 1. The monoisotopic (exact) mass is 354 g/mol. The molecular weight excluding hydrogens is 332 g/mol. The molecule has 1 heterocycles. The summed E-state index contributed by atoms with van der Waals surface area (Å²) in [6.45, 7) is 0.130. The van der Waals surface area contributed by atoms with Crippen molar-refractivity contribution >= 4 is 23.4 Å². The van der Waals surface area contributed by atoms with Gasteiger partial charge in [-0.05, 0) is 36.8 Å². The summed E-state index contributed by atoms with van der Waals surface area (Å²) >= 11 is 0. The van der Waals surface area contributed by atoms with Gasteiger partial charge in [0.2, 0.25) is 17.7 Å². The molecule has 6 nitrogen and oxygen atoms in total. The lowest BCUT2D eigenvalue weighted by Crippen LogP contribution is -2.38. The SMILES string of the molecule is COc1ccccc1NC(=O)CCN1C(=O)[C@@H]2[C@H](C1=O)[C@H]1C=C[C@H]2CC1. The Kier molecular flexibility index (Phi) is 4.26. The van der Waals surface area contributed by atoms with E-state index in [1.807, 2.05) is 6.07 Å². The summed E-state index contributed by atoms with van der Waals surface area (Å²) in [5, 5.41) is 2.78. The van der Waals surface area contributed by atoms with E-state index in [-0.39, 0.29) is 54.4 Å². The summed E-state index contributed by atoms with van der Waals surface area (Å²) in [5.74, 6) is 0.0250. The molecule has 6 heteroatoms. The van der Waals surface area contributed by atoms with E-state index in [0.29, 0.717) is 11.4 Å². The van der Waals surface area contributed by atoms with Crippen LogP contribution in [0, 0.1) is 23.7 Å². The number of amides is 3. The molecule has 0 unspecified atom stereocenters. The number of fused-ring (bicyclic) bond motifs is 1. The Morgan fingerprint density at radius 1 is 1.12 bits per heavy atom. The molecule has 4 atom stereocenters. The van der Waals surface area contributed by atoms with Crippen LogP contribution in [0.15, 0.2) is 36.4 Å². The Morgan fingerprint density at radius 2 is 1.73 bits per heavy atom. The van der Waals surface area contributed by atoms with E-state index in [2.05, 4.69) is 17.5 Å². The topological polar surface area (TPSA) is 75.7 Å². The van der Waals surface area contributed by atoms with Gasteiger partial charge in [-0.2, -0.15) is 0 Å². The van der Waals surface area contributed by atoms with Crippen LogP contribution >= 0.6 is 0 Å². The number of carbonyl (C=O) groups is 3. The predicted molar refractivity (Wildman–Crippen MR) is 95.3 cm³/mol. The van der Waals surface area contributed by atoms with Crippen molar-refractivity contribution in [3.05, 3.63) is 36.4 Å². The van der Waals surface area contributed by atoms with Gasteiger partial charge in [-0.15, -0.1) is 0 Å². The minimum Gasteiger partial charge on any atom is -0.495 e. The van der Waals surface area contributed by atoms with Crippen molar-refractivity contribution < 1.29 is 19.1 Å². The van der Waals surface area contributed by atoms with E-state index in [4.69, 9.17) is 4.74 Å². The maximum Gasteiger partial charge on any atom is 0.233 e. The van der Waals surface area contributed by atoms with Crippen LogP contribution in [-0.2, 0) is 14.4 Å². The molecule has 5 rings (SSSR count). The molecule has 4 aliphatic rings. The molecule has 2 fully saturated rings. The highest BCUT2D eigenvalue weighted by molar-refractivity contribution is 6.06. The summed E-state index contributed by atoms with van der Waals surface area (Å²) in [7, 11) is 1.54. The van der Waals surface area contributed by atoms with Crippen molar-refractivity contribution in [2.24, 2.45) is 23.7 Å². The standard InChI is InChI=1S/C20H22N2O4/c1-26-15-5-3-2-4-14(15)21-16(23)10-11-22-19(24)17-12-6-7-13(9-8-12)18(17)20(22)25/h2-7,12-13,17-18H,8-11H2,1H3,(H,21,23)/t12-,13-,17-,18+/m0/s1.